The minimum Gasteiger partial charge on any atom is -0.445 e. The standard InChI is InChI=1S/C23H26N2O5/c26-21-18(24-23(28)29-15-17-10-5-2-6-11-17)12-7-13-20-25(21)19(22(27)30-20)14-16-8-3-1-4-9-16/h1-6,8-11,18-20,22,27H,7,12-15H2,(H,24,28)/t18-,19-,20+,22+/m0/s1. The van der Waals surface area contributed by atoms with Crippen LogP contribution in [0.15, 0.2) is 60.7 Å². The summed E-state index contributed by atoms with van der Waals surface area (Å²) in [5, 5.41) is 13.1. The van der Waals surface area contributed by atoms with E-state index in [0.29, 0.717) is 25.7 Å². The fourth-order valence-electron chi connectivity index (χ4n) is 4.08. The zero-order valence-electron chi connectivity index (χ0n) is 16.6. The molecule has 2 aliphatic rings. The van der Waals surface area contributed by atoms with Crippen LogP contribution in [0.1, 0.15) is 30.4 Å². The van der Waals surface area contributed by atoms with Crippen molar-refractivity contribution in [3.8, 4) is 0 Å². The summed E-state index contributed by atoms with van der Waals surface area (Å²) in [6.45, 7) is 0.137. The molecule has 2 amide bonds. The average molecular weight is 410 g/mol. The maximum Gasteiger partial charge on any atom is 0.408 e. The summed E-state index contributed by atoms with van der Waals surface area (Å²) >= 11 is 0. The van der Waals surface area contributed by atoms with Crippen molar-refractivity contribution in [2.75, 3.05) is 0 Å². The molecule has 2 fully saturated rings. The molecule has 158 valence electrons. The Bertz CT molecular complexity index is 860. The SMILES string of the molecule is O=C(N[C@H]1CCC[C@H]2O[C@@H](O)[C@H](Cc3ccccc3)N2C1=O)OCc1ccccc1. The molecule has 2 aromatic carbocycles. The third kappa shape index (κ3) is 4.63. The van der Waals surface area contributed by atoms with E-state index in [1.165, 1.54) is 0 Å². The minimum atomic E-state index is -1.05. The van der Waals surface area contributed by atoms with Crippen molar-refractivity contribution in [3.63, 3.8) is 0 Å². The zero-order valence-corrected chi connectivity index (χ0v) is 16.6. The van der Waals surface area contributed by atoms with E-state index >= 15 is 0 Å². The smallest absolute Gasteiger partial charge is 0.408 e. The quantitative estimate of drug-likeness (QED) is 0.791. The number of carbonyl (C=O) groups is 2. The minimum absolute atomic E-state index is 0.137. The zero-order chi connectivity index (χ0) is 20.9. The number of aliphatic hydroxyl groups excluding tert-OH is 1. The van der Waals surface area contributed by atoms with E-state index in [1.54, 1.807) is 4.90 Å². The van der Waals surface area contributed by atoms with E-state index in [4.69, 9.17) is 9.47 Å². The van der Waals surface area contributed by atoms with Gasteiger partial charge in [-0.1, -0.05) is 60.7 Å². The Morgan fingerprint density at radius 2 is 1.73 bits per heavy atom. The van der Waals surface area contributed by atoms with Crippen molar-refractivity contribution in [1.29, 1.82) is 0 Å². The van der Waals surface area contributed by atoms with E-state index in [9.17, 15) is 14.7 Å². The number of amides is 2. The van der Waals surface area contributed by atoms with Gasteiger partial charge in [-0.2, -0.15) is 0 Å². The fraction of sp³-hybridized carbons (Fsp3) is 0.391. The van der Waals surface area contributed by atoms with E-state index < -0.39 is 30.7 Å². The van der Waals surface area contributed by atoms with Gasteiger partial charge in [0, 0.05) is 0 Å². The van der Waals surface area contributed by atoms with Crippen LogP contribution in [0.2, 0.25) is 0 Å². The molecule has 0 radical (unpaired) electrons. The van der Waals surface area contributed by atoms with Crippen LogP contribution in [0.4, 0.5) is 4.79 Å². The fourth-order valence-corrected chi connectivity index (χ4v) is 4.08. The molecular weight excluding hydrogens is 384 g/mol. The lowest BCUT2D eigenvalue weighted by atomic mass is 10.0. The van der Waals surface area contributed by atoms with Crippen molar-refractivity contribution in [2.45, 2.75) is 56.9 Å². The third-order valence-corrected chi connectivity index (χ3v) is 5.58. The lowest BCUT2D eigenvalue weighted by Gasteiger charge is -2.29. The van der Waals surface area contributed by atoms with Gasteiger partial charge in [0.1, 0.15) is 18.9 Å². The Kier molecular flexibility index (Phi) is 6.30. The number of hydrogen-bond donors (Lipinski definition) is 2. The van der Waals surface area contributed by atoms with Crippen LogP contribution in [-0.2, 0) is 27.3 Å². The van der Waals surface area contributed by atoms with Crippen LogP contribution in [0.5, 0.6) is 0 Å². The molecule has 2 aliphatic heterocycles. The molecule has 2 aromatic rings. The summed E-state index contributed by atoms with van der Waals surface area (Å²) in [6, 6.07) is 17.9. The predicted octanol–water partition coefficient (Wildman–Crippen LogP) is 2.58. The lowest BCUT2D eigenvalue weighted by Crippen LogP contribution is -2.52. The van der Waals surface area contributed by atoms with Crippen molar-refractivity contribution >= 4 is 12.0 Å². The van der Waals surface area contributed by atoms with Gasteiger partial charge in [0.25, 0.3) is 0 Å². The van der Waals surface area contributed by atoms with Gasteiger partial charge < -0.3 is 24.8 Å². The molecule has 0 bridgehead atoms. The summed E-state index contributed by atoms with van der Waals surface area (Å²) in [4.78, 5) is 27.1. The molecule has 0 spiro atoms. The first-order valence-electron chi connectivity index (χ1n) is 10.3. The highest BCUT2D eigenvalue weighted by Gasteiger charge is 2.47. The predicted molar refractivity (Wildman–Crippen MR) is 109 cm³/mol. The Morgan fingerprint density at radius 1 is 1.07 bits per heavy atom. The van der Waals surface area contributed by atoms with Crippen LogP contribution in [0, 0.1) is 0 Å². The monoisotopic (exact) mass is 410 g/mol. The first-order chi connectivity index (χ1) is 14.6. The molecule has 2 saturated heterocycles. The molecular formula is C23H26N2O5. The number of nitrogens with zero attached hydrogens (tertiary/aromatic N) is 1. The van der Waals surface area contributed by atoms with Gasteiger partial charge in [-0.05, 0) is 36.8 Å². The number of hydrogen-bond acceptors (Lipinski definition) is 5. The number of carbonyl (C=O) groups excluding carboxylic acids is 2. The molecule has 2 N–H and O–H groups in total. The highest BCUT2D eigenvalue weighted by Crippen LogP contribution is 2.31. The Labute approximate surface area is 175 Å². The second kappa shape index (κ2) is 9.28. The molecule has 0 saturated carbocycles. The normalized spacial score (nSPS) is 26.0. The molecule has 4 rings (SSSR count). The lowest BCUT2D eigenvalue weighted by molar-refractivity contribution is -0.139. The molecule has 0 unspecified atom stereocenters. The van der Waals surface area contributed by atoms with Gasteiger partial charge in [-0.15, -0.1) is 0 Å². The number of ether oxygens (including phenoxy) is 2. The van der Waals surface area contributed by atoms with Crippen LogP contribution in [0.25, 0.3) is 0 Å². The van der Waals surface area contributed by atoms with Gasteiger partial charge in [-0.3, -0.25) is 4.79 Å². The molecule has 0 aliphatic carbocycles. The summed E-state index contributed by atoms with van der Waals surface area (Å²) < 4.78 is 10.9. The van der Waals surface area contributed by atoms with Crippen molar-refractivity contribution in [3.05, 3.63) is 71.8 Å². The summed E-state index contributed by atoms with van der Waals surface area (Å²) in [5.74, 6) is -0.244. The molecule has 30 heavy (non-hydrogen) atoms. The van der Waals surface area contributed by atoms with Crippen molar-refractivity contribution < 1.29 is 24.2 Å². The second-order valence-electron chi connectivity index (χ2n) is 7.67. The number of nitrogens with one attached hydrogen (secondary N) is 1. The van der Waals surface area contributed by atoms with Crippen molar-refractivity contribution in [2.24, 2.45) is 0 Å². The van der Waals surface area contributed by atoms with E-state index in [-0.39, 0.29) is 12.5 Å². The van der Waals surface area contributed by atoms with Gasteiger partial charge >= 0.3 is 6.09 Å². The molecule has 4 atom stereocenters. The number of benzene rings is 2. The molecule has 7 heteroatoms. The van der Waals surface area contributed by atoms with Crippen LogP contribution >= 0.6 is 0 Å². The third-order valence-electron chi connectivity index (χ3n) is 5.58. The highest BCUT2D eigenvalue weighted by molar-refractivity contribution is 5.86. The maximum absolute atomic E-state index is 13.2. The molecule has 0 aromatic heterocycles. The van der Waals surface area contributed by atoms with Gasteiger partial charge in [0.2, 0.25) is 5.91 Å². The largest absolute Gasteiger partial charge is 0.445 e. The summed E-state index contributed by atoms with van der Waals surface area (Å²) in [7, 11) is 0. The van der Waals surface area contributed by atoms with E-state index in [0.717, 1.165) is 11.1 Å². The van der Waals surface area contributed by atoms with E-state index in [1.807, 2.05) is 60.7 Å². The topological polar surface area (TPSA) is 88.1 Å². The van der Waals surface area contributed by atoms with E-state index in [2.05, 4.69) is 5.32 Å². The average Bonchev–Trinajstić information content (AvgIpc) is 2.98. The molecule has 7 nitrogen and oxygen atoms in total. The highest BCUT2D eigenvalue weighted by atomic mass is 16.6. The number of fused-ring (bicyclic) bond motifs is 1. The molecule has 2 heterocycles. The first kappa shape index (κ1) is 20.4. The Morgan fingerprint density at radius 3 is 2.43 bits per heavy atom. The van der Waals surface area contributed by atoms with Gasteiger partial charge in [-0.25, -0.2) is 4.79 Å². The second-order valence-corrected chi connectivity index (χ2v) is 7.67. The van der Waals surface area contributed by atoms with Gasteiger partial charge in [0.05, 0.1) is 6.04 Å². The van der Waals surface area contributed by atoms with Gasteiger partial charge in [0.15, 0.2) is 6.29 Å². The number of alkyl carbamates (subject to hydrolysis) is 1. The van der Waals surface area contributed by atoms with Crippen molar-refractivity contribution in [1.82, 2.24) is 10.2 Å². The Hall–Kier alpha value is -2.90. The van der Waals surface area contributed by atoms with Crippen LogP contribution in [-0.4, -0.2) is 46.6 Å². The number of aliphatic hydroxyl groups is 1. The van der Waals surface area contributed by atoms with Crippen LogP contribution < -0.4 is 5.32 Å². The van der Waals surface area contributed by atoms with Crippen LogP contribution in [0.3, 0.4) is 0 Å². The number of rotatable bonds is 5. The maximum atomic E-state index is 13.2. The summed E-state index contributed by atoms with van der Waals surface area (Å²) in [5.41, 5.74) is 1.88. The first-order valence-corrected chi connectivity index (χ1v) is 10.3. The Balaban J connectivity index is 1.41. The summed E-state index contributed by atoms with van der Waals surface area (Å²) in [6.07, 6.45) is 0.137.